The van der Waals surface area contributed by atoms with Crippen LogP contribution in [0.25, 0.3) is 27.7 Å². The highest BCUT2D eigenvalue weighted by Crippen LogP contribution is 2.40. The lowest BCUT2D eigenvalue weighted by atomic mass is 9.82. The first-order valence-electron chi connectivity index (χ1n) is 10.8. The van der Waals surface area contributed by atoms with E-state index in [4.69, 9.17) is 11.6 Å². The number of tetrazole rings is 1. The van der Waals surface area contributed by atoms with Gasteiger partial charge in [0.15, 0.2) is 11.2 Å². The van der Waals surface area contributed by atoms with Crippen molar-refractivity contribution in [3.63, 3.8) is 0 Å². The Morgan fingerprint density at radius 2 is 1.80 bits per heavy atom. The Hall–Kier alpha value is -4.14. The standard InChI is InChI=1S/C26H18ClFN6O/c1-33-15-29-14-24(33)26(35,17-5-3-7-20(28)11-17)18-8-9-23-22(12-18)21(13-25-30-31-32-34(23)25)16-4-2-6-19(27)10-16/h2-15,35H,1H3. The molecule has 172 valence electrons. The molecule has 3 aromatic heterocycles. The zero-order valence-corrected chi connectivity index (χ0v) is 19.2. The number of aromatic nitrogens is 6. The molecule has 3 aromatic carbocycles. The lowest BCUT2D eigenvalue weighted by Gasteiger charge is -2.30. The normalized spacial score (nSPS) is 13.4. The summed E-state index contributed by atoms with van der Waals surface area (Å²) in [6, 6.07) is 20.9. The Labute approximate surface area is 204 Å². The average molecular weight is 485 g/mol. The highest BCUT2D eigenvalue weighted by atomic mass is 35.5. The van der Waals surface area contributed by atoms with Crippen LogP contribution in [0.4, 0.5) is 4.39 Å². The Bertz CT molecular complexity index is 1730. The molecule has 9 heteroatoms. The second kappa shape index (κ2) is 7.97. The molecule has 0 spiro atoms. The molecular formula is C26H18ClFN6O. The number of rotatable bonds is 4. The molecule has 7 nitrogen and oxygen atoms in total. The molecule has 0 bridgehead atoms. The van der Waals surface area contributed by atoms with Gasteiger partial charge in [-0.2, -0.15) is 4.52 Å². The van der Waals surface area contributed by atoms with Gasteiger partial charge < -0.3 is 9.67 Å². The van der Waals surface area contributed by atoms with Crippen molar-refractivity contribution < 1.29 is 9.50 Å². The summed E-state index contributed by atoms with van der Waals surface area (Å²) in [4.78, 5) is 4.20. The predicted octanol–water partition coefficient (Wildman–Crippen LogP) is 4.75. The van der Waals surface area contributed by atoms with Gasteiger partial charge in [-0.05, 0) is 75.1 Å². The van der Waals surface area contributed by atoms with E-state index in [0.29, 0.717) is 27.5 Å². The third kappa shape index (κ3) is 3.38. The Balaban J connectivity index is 1.69. The number of imidazole rings is 1. The molecule has 0 fully saturated rings. The van der Waals surface area contributed by atoms with Gasteiger partial charge in [0, 0.05) is 17.5 Å². The topological polar surface area (TPSA) is 81.1 Å². The van der Waals surface area contributed by atoms with E-state index in [1.165, 1.54) is 12.1 Å². The smallest absolute Gasteiger partial charge is 0.180 e. The second-order valence-corrected chi connectivity index (χ2v) is 8.80. The molecule has 3 heterocycles. The minimum Gasteiger partial charge on any atom is -0.374 e. The van der Waals surface area contributed by atoms with E-state index >= 15 is 0 Å². The molecule has 6 aromatic rings. The SMILES string of the molecule is Cn1cncc1C(O)(c1cccc(F)c1)c1ccc2c(c1)c(-c1cccc(Cl)c1)cc1nnnn12. The summed E-state index contributed by atoms with van der Waals surface area (Å²) < 4.78 is 17.7. The molecule has 0 aliphatic carbocycles. The van der Waals surface area contributed by atoms with Crippen molar-refractivity contribution in [2.45, 2.75) is 5.60 Å². The average Bonchev–Trinajstić information content (AvgIpc) is 3.52. The van der Waals surface area contributed by atoms with Crippen molar-refractivity contribution in [1.82, 2.24) is 29.6 Å². The Morgan fingerprint density at radius 3 is 2.57 bits per heavy atom. The van der Waals surface area contributed by atoms with Crippen LogP contribution in [0.15, 0.2) is 85.3 Å². The molecule has 35 heavy (non-hydrogen) atoms. The van der Waals surface area contributed by atoms with Crippen LogP contribution in [0.1, 0.15) is 16.8 Å². The molecule has 0 aliphatic heterocycles. The number of pyridine rings is 1. The molecule has 1 N–H and O–H groups in total. The monoisotopic (exact) mass is 484 g/mol. The summed E-state index contributed by atoms with van der Waals surface area (Å²) in [7, 11) is 1.79. The van der Waals surface area contributed by atoms with Crippen molar-refractivity contribution >= 4 is 28.2 Å². The molecule has 0 amide bonds. The fourth-order valence-corrected chi connectivity index (χ4v) is 4.79. The lowest BCUT2D eigenvalue weighted by Crippen LogP contribution is -2.31. The molecule has 0 saturated heterocycles. The molecule has 0 aliphatic rings. The number of halogens is 2. The summed E-state index contributed by atoms with van der Waals surface area (Å²) in [6.07, 6.45) is 3.18. The van der Waals surface area contributed by atoms with Gasteiger partial charge in [-0.3, -0.25) is 0 Å². The zero-order valence-electron chi connectivity index (χ0n) is 18.5. The molecule has 0 radical (unpaired) electrons. The van der Waals surface area contributed by atoms with E-state index in [-0.39, 0.29) is 0 Å². The van der Waals surface area contributed by atoms with E-state index in [0.717, 1.165) is 22.0 Å². The zero-order chi connectivity index (χ0) is 24.2. The predicted molar refractivity (Wildman–Crippen MR) is 130 cm³/mol. The number of fused-ring (bicyclic) bond motifs is 3. The summed E-state index contributed by atoms with van der Waals surface area (Å²) in [5.74, 6) is -0.445. The van der Waals surface area contributed by atoms with Gasteiger partial charge >= 0.3 is 0 Å². The number of nitrogens with zero attached hydrogens (tertiary/aromatic N) is 6. The largest absolute Gasteiger partial charge is 0.374 e. The molecular weight excluding hydrogens is 467 g/mol. The van der Waals surface area contributed by atoms with Crippen LogP contribution in [0.2, 0.25) is 5.02 Å². The van der Waals surface area contributed by atoms with E-state index in [2.05, 4.69) is 20.5 Å². The van der Waals surface area contributed by atoms with Crippen LogP contribution in [0.3, 0.4) is 0 Å². The van der Waals surface area contributed by atoms with Gasteiger partial charge in [0.05, 0.1) is 23.7 Å². The number of aliphatic hydroxyl groups is 1. The first-order chi connectivity index (χ1) is 16.9. The van der Waals surface area contributed by atoms with Gasteiger partial charge in [0.25, 0.3) is 0 Å². The van der Waals surface area contributed by atoms with Crippen molar-refractivity contribution in [3.8, 4) is 11.1 Å². The summed E-state index contributed by atoms with van der Waals surface area (Å²) in [5.41, 5.74) is 2.78. The third-order valence-electron chi connectivity index (χ3n) is 6.27. The van der Waals surface area contributed by atoms with Crippen molar-refractivity contribution in [2.24, 2.45) is 7.05 Å². The summed E-state index contributed by atoms with van der Waals surface area (Å²) in [5, 5.41) is 25.7. The first-order valence-corrected chi connectivity index (χ1v) is 11.2. The van der Waals surface area contributed by atoms with Crippen LogP contribution in [0, 0.1) is 5.82 Å². The third-order valence-corrected chi connectivity index (χ3v) is 6.50. The highest BCUT2D eigenvalue weighted by Gasteiger charge is 2.37. The molecule has 1 unspecified atom stereocenters. The van der Waals surface area contributed by atoms with Crippen molar-refractivity contribution in [2.75, 3.05) is 0 Å². The maximum absolute atomic E-state index is 14.3. The second-order valence-electron chi connectivity index (χ2n) is 8.36. The number of hydrogen-bond acceptors (Lipinski definition) is 5. The fourth-order valence-electron chi connectivity index (χ4n) is 4.60. The highest BCUT2D eigenvalue weighted by molar-refractivity contribution is 6.30. The Kier molecular flexibility index (Phi) is 4.87. The Morgan fingerprint density at radius 1 is 0.971 bits per heavy atom. The van der Waals surface area contributed by atoms with E-state index in [1.54, 1.807) is 52.9 Å². The molecule has 1 atom stereocenters. The van der Waals surface area contributed by atoms with E-state index < -0.39 is 11.4 Å². The van der Waals surface area contributed by atoms with Crippen LogP contribution in [0.5, 0.6) is 0 Å². The van der Waals surface area contributed by atoms with Crippen LogP contribution >= 0.6 is 11.6 Å². The maximum Gasteiger partial charge on any atom is 0.180 e. The quantitative estimate of drug-likeness (QED) is 0.390. The van der Waals surface area contributed by atoms with Crippen LogP contribution < -0.4 is 0 Å². The summed E-state index contributed by atoms with van der Waals surface area (Å²) >= 11 is 6.30. The van der Waals surface area contributed by atoms with Gasteiger partial charge in [0.2, 0.25) is 0 Å². The lowest BCUT2D eigenvalue weighted by molar-refractivity contribution is 0.117. The van der Waals surface area contributed by atoms with E-state index in [1.807, 2.05) is 36.4 Å². The molecule has 6 rings (SSSR count). The van der Waals surface area contributed by atoms with Crippen LogP contribution in [-0.2, 0) is 12.6 Å². The van der Waals surface area contributed by atoms with Crippen molar-refractivity contribution in [1.29, 1.82) is 0 Å². The number of benzene rings is 3. The summed E-state index contributed by atoms with van der Waals surface area (Å²) in [6.45, 7) is 0. The van der Waals surface area contributed by atoms with Crippen LogP contribution in [-0.4, -0.2) is 34.7 Å². The van der Waals surface area contributed by atoms with Gasteiger partial charge in [-0.15, -0.1) is 5.10 Å². The maximum atomic E-state index is 14.3. The van der Waals surface area contributed by atoms with Crippen molar-refractivity contribution in [3.05, 3.63) is 113 Å². The molecule has 0 saturated carbocycles. The van der Waals surface area contributed by atoms with Gasteiger partial charge in [-0.1, -0.05) is 41.9 Å². The minimum absolute atomic E-state index is 0.383. The van der Waals surface area contributed by atoms with Gasteiger partial charge in [-0.25, -0.2) is 9.37 Å². The first kappa shape index (κ1) is 21.4. The van der Waals surface area contributed by atoms with E-state index in [9.17, 15) is 9.50 Å². The fraction of sp³-hybridized carbons (Fsp3) is 0.0769. The number of aryl methyl sites for hydroxylation is 1. The minimum atomic E-state index is -1.68. The number of hydrogen-bond donors (Lipinski definition) is 1. The van der Waals surface area contributed by atoms with Gasteiger partial charge in [0.1, 0.15) is 5.82 Å².